The molecule has 1 aliphatic heterocycles. The van der Waals surface area contributed by atoms with E-state index in [9.17, 15) is 72.9 Å². The molecule has 7 amide bonds. The first-order valence-electron chi connectivity index (χ1n) is 31.0. The number of ketones is 1. The number of Topliss-reactive ketones (excluding diaryl/α,β-unsaturated/α-hetero) is 1. The van der Waals surface area contributed by atoms with Crippen LogP contribution >= 0.6 is 0 Å². The van der Waals surface area contributed by atoms with Crippen molar-refractivity contribution in [3.05, 3.63) is 0 Å². The largest absolute Gasteiger partial charge is 0.480 e. The number of carbonyl (C=O) groups excluding carboxylic acids is 9. The third kappa shape index (κ3) is 52.1. The van der Waals surface area contributed by atoms with Crippen molar-refractivity contribution >= 4 is 71.3 Å². The van der Waals surface area contributed by atoms with E-state index in [1.54, 1.807) is 19.6 Å². The van der Waals surface area contributed by atoms with Crippen LogP contribution in [-0.2, 0) is 95.4 Å². The molecule has 0 bridgehead atoms. The van der Waals surface area contributed by atoms with Gasteiger partial charge in [0.15, 0.2) is 5.78 Å². The third-order valence-corrected chi connectivity index (χ3v) is 13.1. The van der Waals surface area contributed by atoms with E-state index < -0.39 is 54.3 Å². The molecule has 12 N–H and O–H groups in total. The molecular formula is C57H102N12O23. The molecule has 0 aromatic rings. The van der Waals surface area contributed by atoms with Gasteiger partial charge in [0.1, 0.15) is 45.5 Å². The van der Waals surface area contributed by atoms with E-state index >= 15 is 0 Å². The predicted octanol–water partition coefficient (Wildman–Crippen LogP) is -5.64. The van der Waals surface area contributed by atoms with Gasteiger partial charge < -0.3 is 101 Å². The van der Waals surface area contributed by atoms with Crippen LogP contribution in [0.1, 0.15) is 64.7 Å². The first-order chi connectivity index (χ1) is 44.3. The molecule has 2 atom stereocenters. The number of carboxylic acid groups (broad SMARTS) is 3. The summed E-state index contributed by atoms with van der Waals surface area (Å²) in [5.41, 5.74) is 5.65. The Labute approximate surface area is 537 Å². The zero-order chi connectivity index (χ0) is 67.8. The fourth-order valence-electron chi connectivity index (χ4n) is 8.35. The molecule has 1 heterocycles. The van der Waals surface area contributed by atoms with Gasteiger partial charge in [-0.2, -0.15) is 0 Å². The van der Waals surface area contributed by atoms with Crippen molar-refractivity contribution in [3.63, 3.8) is 0 Å². The van der Waals surface area contributed by atoms with Gasteiger partial charge >= 0.3 is 17.9 Å². The van der Waals surface area contributed by atoms with Crippen LogP contribution < -0.4 is 43.0 Å². The van der Waals surface area contributed by atoms with Gasteiger partial charge in [0.05, 0.1) is 98.3 Å². The molecule has 0 spiro atoms. The molecule has 0 radical (unpaired) electrons. The van der Waals surface area contributed by atoms with E-state index in [0.717, 1.165) is 0 Å². The average Bonchev–Trinajstić information content (AvgIpc) is 2.20. The fraction of sp³-hybridized carbons (Fsp3) is 0.789. The molecule has 0 aliphatic carbocycles. The van der Waals surface area contributed by atoms with E-state index in [1.807, 2.05) is 0 Å². The van der Waals surface area contributed by atoms with Crippen LogP contribution in [0.25, 0.3) is 0 Å². The van der Waals surface area contributed by atoms with Crippen molar-refractivity contribution in [2.45, 2.75) is 76.8 Å². The van der Waals surface area contributed by atoms with Crippen LogP contribution in [0, 0.1) is 0 Å². The standard InChI is InChI=1S/C57H102N12O23/c1-45(71)40-88-32-29-87-27-15-62-51(75)41-89-33-30-85-25-13-60-49(73)10-6-9-48(72)59-11-5-3-8-47(57(84)64-12-4-2-7-46(58)39-70)65-53(77)43-92-44-91-28-16-63-52(76)42-90-34-31-86-26-14-61-50(74)35-66-17-19-67(36-54(78)79)21-23-69(38-56(82)83)24-22-68(20-18-66)37-55(80)81/h39,46-47H,2-38,40-44,58H2,1H3,(H,59,72)(H,60,73)(H,61,74)(H,62,75)(H,63,76)(H,64,84)(H,65,77)(H,78,79)(H,80,81)(H,82,83)/t46-,47-/m0/s1. The number of hydrogen-bond acceptors (Lipinski definition) is 25. The van der Waals surface area contributed by atoms with Gasteiger partial charge in [-0.25, -0.2) is 0 Å². The Kier molecular flexibility index (Phi) is 50.9. The number of nitrogens with zero attached hydrogens (tertiary/aromatic N) is 4. The number of amides is 7. The second-order valence-corrected chi connectivity index (χ2v) is 21.2. The van der Waals surface area contributed by atoms with Crippen molar-refractivity contribution in [3.8, 4) is 0 Å². The van der Waals surface area contributed by atoms with Crippen LogP contribution in [0.15, 0.2) is 0 Å². The number of aliphatic carboxylic acids is 3. The topological polar surface area (TPSA) is 463 Å². The van der Waals surface area contributed by atoms with Gasteiger partial charge in [-0.3, -0.25) is 72.3 Å². The lowest BCUT2D eigenvalue weighted by atomic mass is 10.1. The molecule has 1 saturated heterocycles. The zero-order valence-electron chi connectivity index (χ0n) is 53.3. The summed E-state index contributed by atoms with van der Waals surface area (Å²) in [7, 11) is 0. The van der Waals surface area contributed by atoms with Crippen LogP contribution in [0.4, 0.5) is 0 Å². The van der Waals surface area contributed by atoms with Crippen LogP contribution in [-0.4, -0.2) is 335 Å². The number of unbranched alkanes of at least 4 members (excludes halogenated alkanes) is 2. The lowest BCUT2D eigenvalue weighted by Gasteiger charge is -2.32. The van der Waals surface area contributed by atoms with Crippen molar-refractivity contribution in [1.82, 2.24) is 56.8 Å². The Bertz CT molecular complexity index is 2110. The Morgan fingerprint density at radius 1 is 0.402 bits per heavy atom. The lowest BCUT2D eigenvalue weighted by Crippen LogP contribution is -2.50. The summed E-state index contributed by atoms with van der Waals surface area (Å²) in [6.45, 7) is 4.84. The Morgan fingerprint density at radius 2 is 0.772 bits per heavy atom. The molecule has 1 fully saturated rings. The van der Waals surface area contributed by atoms with Crippen molar-refractivity contribution in [2.75, 3.05) is 217 Å². The van der Waals surface area contributed by atoms with E-state index in [4.69, 9.17) is 43.6 Å². The highest BCUT2D eigenvalue weighted by atomic mass is 16.7. The third-order valence-electron chi connectivity index (χ3n) is 13.1. The summed E-state index contributed by atoms with van der Waals surface area (Å²) in [5.74, 6) is -5.81. The Hall–Kier alpha value is -6.48. The van der Waals surface area contributed by atoms with Crippen molar-refractivity contribution < 1.29 is 111 Å². The van der Waals surface area contributed by atoms with Gasteiger partial charge in [-0.05, 0) is 51.9 Å². The van der Waals surface area contributed by atoms with Gasteiger partial charge in [-0.15, -0.1) is 0 Å². The van der Waals surface area contributed by atoms with E-state index in [1.165, 1.54) is 6.92 Å². The van der Waals surface area contributed by atoms with E-state index in [0.29, 0.717) is 77.6 Å². The summed E-state index contributed by atoms with van der Waals surface area (Å²) in [4.78, 5) is 151. The second kappa shape index (κ2) is 56.1. The van der Waals surface area contributed by atoms with E-state index in [-0.39, 0.29) is 226 Å². The Morgan fingerprint density at radius 3 is 1.22 bits per heavy atom. The van der Waals surface area contributed by atoms with Crippen LogP contribution in [0.3, 0.4) is 0 Å². The highest BCUT2D eigenvalue weighted by molar-refractivity contribution is 5.88. The minimum absolute atomic E-state index is 0.0360. The normalized spacial score (nSPS) is 14.3. The quantitative estimate of drug-likeness (QED) is 0.0154. The molecule has 528 valence electrons. The molecule has 92 heavy (non-hydrogen) atoms. The summed E-state index contributed by atoms with van der Waals surface area (Å²) < 4.78 is 42.6. The van der Waals surface area contributed by atoms with Gasteiger partial charge in [0.25, 0.3) is 0 Å². The number of ether oxygens (including phenoxy) is 8. The first kappa shape index (κ1) is 83.5. The molecule has 0 aromatic heterocycles. The van der Waals surface area contributed by atoms with Gasteiger partial charge in [0.2, 0.25) is 41.4 Å². The maximum absolute atomic E-state index is 13.1. The summed E-state index contributed by atoms with van der Waals surface area (Å²) >= 11 is 0. The molecule has 0 aromatic carbocycles. The smallest absolute Gasteiger partial charge is 0.317 e. The van der Waals surface area contributed by atoms with Gasteiger partial charge in [-0.1, -0.05) is 0 Å². The van der Waals surface area contributed by atoms with Crippen molar-refractivity contribution in [1.29, 1.82) is 0 Å². The second-order valence-electron chi connectivity index (χ2n) is 21.2. The number of nitrogens with two attached hydrogens (primary N) is 1. The maximum Gasteiger partial charge on any atom is 0.317 e. The molecule has 1 rings (SSSR count). The highest BCUT2D eigenvalue weighted by Crippen LogP contribution is 2.05. The zero-order valence-corrected chi connectivity index (χ0v) is 53.3. The number of carbonyl (C=O) groups is 12. The summed E-state index contributed by atoms with van der Waals surface area (Å²) in [5, 5.41) is 47.2. The highest BCUT2D eigenvalue weighted by Gasteiger charge is 2.23. The van der Waals surface area contributed by atoms with Gasteiger partial charge in [0, 0.05) is 104 Å². The maximum atomic E-state index is 13.1. The number of hydrogen-bond donors (Lipinski definition) is 11. The minimum atomic E-state index is -1.06. The van der Waals surface area contributed by atoms with E-state index in [2.05, 4.69) is 37.2 Å². The molecule has 1 aliphatic rings. The minimum Gasteiger partial charge on any atom is -0.480 e. The number of nitrogens with one attached hydrogen (secondary N) is 7. The molecule has 0 unspecified atom stereocenters. The first-order valence-corrected chi connectivity index (χ1v) is 31.0. The molecular weight excluding hydrogens is 1220 g/mol. The molecule has 35 heteroatoms. The van der Waals surface area contributed by atoms with Crippen molar-refractivity contribution in [2.24, 2.45) is 5.73 Å². The van der Waals surface area contributed by atoms with Crippen LogP contribution in [0.2, 0.25) is 0 Å². The number of rotatable bonds is 56. The Balaban J connectivity index is 2.29. The fourth-order valence-corrected chi connectivity index (χ4v) is 8.35. The molecule has 35 nitrogen and oxygen atoms in total. The summed E-state index contributed by atoms with van der Waals surface area (Å²) in [6, 6.07) is -1.51. The SMILES string of the molecule is CC(=O)COCCOCCNC(=O)COCCOCCNC(=O)CCCC(=O)NCCCC[C@H](NC(=O)COCOCCNC(=O)COCCOCCNC(=O)CN1CCN(CC(=O)O)CCN(CC(=O)O)CCN(CC(=O)O)CC1)C(=O)NCCCC[C@H](N)C=O. The predicted molar refractivity (Wildman–Crippen MR) is 327 cm³/mol. The average molecular weight is 1320 g/mol. The lowest BCUT2D eigenvalue weighted by molar-refractivity contribution is -0.140. The molecule has 0 saturated carbocycles. The number of aldehydes is 1. The number of carboxylic acids is 3. The monoisotopic (exact) mass is 1320 g/mol. The van der Waals surface area contributed by atoms with Crippen LogP contribution in [0.5, 0.6) is 0 Å². The summed E-state index contributed by atoms with van der Waals surface area (Å²) in [6.07, 6.45) is 4.03.